The molecular weight excluding hydrogens is 386 g/mol. The fourth-order valence-corrected chi connectivity index (χ4v) is 4.63. The lowest BCUT2D eigenvalue weighted by Crippen LogP contribution is -2.51. The van der Waals surface area contributed by atoms with E-state index in [2.05, 4.69) is 67.6 Å². The van der Waals surface area contributed by atoms with E-state index >= 15 is 0 Å². The molecule has 2 aromatic rings. The Bertz CT molecular complexity index is 1040. The summed E-state index contributed by atoms with van der Waals surface area (Å²) in [7, 11) is 2.11. The van der Waals surface area contributed by atoms with Crippen molar-refractivity contribution in [2.75, 3.05) is 11.9 Å². The first-order chi connectivity index (χ1) is 13.6. The van der Waals surface area contributed by atoms with Crippen molar-refractivity contribution >= 4 is 35.3 Å². The van der Waals surface area contributed by atoms with Crippen molar-refractivity contribution in [1.29, 1.82) is 0 Å². The van der Waals surface area contributed by atoms with Crippen LogP contribution in [0.4, 0.5) is 10.5 Å². The fourth-order valence-electron chi connectivity index (χ4n) is 4.51. The Labute approximate surface area is 175 Å². The van der Waals surface area contributed by atoms with Crippen LogP contribution in [0, 0.1) is 0 Å². The Morgan fingerprint density at radius 2 is 1.72 bits per heavy atom. The fraction of sp³-hybridized carbons (Fsp3) is 0.304. The van der Waals surface area contributed by atoms with Crippen molar-refractivity contribution in [2.45, 2.75) is 38.1 Å². The number of amides is 3. The van der Waals surface area contributed by atoms with Crippen LogP contribution in [0.15, 0.2) is 48.2 Å². The SMILES string of the molecule is CN1c2ccc(/C=C3\NC(=O)NC3=O)cc2C(C)(c2ccc(Cl)cc2)CC1(C)C. The van der Waals surface area contributed by atoms with Gasteiger partial charge in [-0.2, -0.15) is 0 Å². The molecule has 0 aliphatic carbocycles. The molecule has 1 unspecified atom stereocenters. The second-order valence-corrected chi connectivity index (χ2v) is 9.07. The molecule has 6 heteroatoms. The van der Waals surface area contributed by atoms with Crippen molar-refractivity contribution in [2.24, 2.45) is 0 Å². The van der Waals surface area contributed by atoms with Crippen molar-refractivity contribution in [3.05, 3.63) is 69.9 Å². The van der Waals surface area contributed by atoms with Crippen molar-refractivity contribution < 1.29 is 9.59 Å². The van der Waals surface area contributed by atoms with Gasteiger partial charge in [0.05, 0.1) is 0 Å². The summed E-state index contributed by atoms with van der Waals surface area (Å²) >= 11 is 6.13. The zero-order valence-corrected chi connectivity index (χ0v) is 17.7. The van der Waals surface area contributed by atoms with E-state index in [1.54, 1.807) is 6.08 Å². The first kappa shape index (κ1) is 19.5. The van der Waals surface area contributed by atoms with Crippen molar-refractivity contribution in [1.82, 2.24) is 10.6 Å². The summed E-state index contributed by atoms with van der Waals surface area (Å²) in [5, 5.41) is 5.50. The minimum atomic E-state index is -0.494. The molecule has 2 aliphatic heterocycles. The average Bonchev–Trinajstić information content (AvgIpc) is 2.97. The van der Waals surface area contributed by atoms with E-state index in [0.29, 0.717) is 5.02 Å². The van der Waals surface area contributed by atoms with Crippen LogP contribution in [-0.4, -0.2) is 24.5 Å². The number of carbonyl (C=O) groups is 2. The van der Waals surface area contributed by atoms with Crippen LogP contribution >= 0.6 is 11.6 Å². The Kier molecular flexibility index (Phi) is 4.46. The van der Waals surface area contributed by atoms with E-state index in [-0.39, 0.29) is 16.7 Å². The summed E-state index contributed by atoms with van der Waals surface area (Å²) in [6, 6.07) is 13.7. The molecule has 1 saturated heterocycles. The summed E-state index contributed by atoms with van der Waals surface area (Å²) in [4.78, 5) is 25.6. The van der Waals surface area contributed by atoms with E-state index in [1.807, 2.05) is 18.2 Å². The van der Waals surface area contributed by atoms with Crippen LogP contribution in [0.5, 0.6) is 0 Å². The van der Waals surface area contributed by atoms with Gasteiger partial charge >= 0.3 is 6.03 Å². The molecule has 2 heterocycles. The lowest BCUT2D eigenvalue weighted by molar-refractivity contribution is -0.115. The van der Waals surface area contributed by atoms with Crippen LogP contribution < -0.4 is 15.5 Å². The minimum absolute atomic E-state index is 0.0410. The van der Waals surface area contributed by atoms with Crippen LogP contribution in [-0.2, 0) is 10.2 Å². The predicted molar refractivity (Wildman–Crippen MR) is 116 cm³/mol. The smallest absolute Gasteiger partial charge is 0.326 e. The van der Waals surface area contributed by atoms with Gasteiger partial charge in [-0.3, -0.25) is 10.1 Å². The molecule has 2 aromatic carbocycles. The van der Waals surface area contributed by atoms with Crippen LogP contribution in [0.2, 0.25) is 5.02 Å². The van der Waals surface area contributed by atoms with Crippen LogP contribution in [0.1, 0.15) is 43.9 Å². The molecule has 5 nitrogen and oxygen atoms in total. The largest absolute Gasteiger partial charge is 0.369 e. The number of imide groups is 1. The molecule has 4 rings (SSSR count). The number of halogens is 1. The zero-order chi connectivity index (χ0) is 21.0. The number of rotatable bonds is 2. The number of anilines is 1. The first-order valence-corrected chi connectivity index (χ1v) is 9.96. The van der Waals surface area contributed by atoms with Crippen LogP contribution in [0.25, 0.3) is 6.08 Å². The summed E-state index contributed by atoms with van der Waals surface area (Å²) in [6.45, 7) is 6.75. The highest BCUT2D eigenvalue weighted by molar-refractivity contribution is 6.30. The van der Waals surface area contributed by atoms with Crippen molar-refractivity contribution in [3.63, 3.8) is 0 Å². The van der Waals surface area contributed by atoms with Gasteiger partial charge in [-0.1, -0.05) is 36.7 Å². The van der Waals surface area contributed by atoms with Crippen LogP contribution in [0.3, 0.4) is 0 Å². The average molecular weight is 410 g/mol. The maximum absolute atomic E-state index is 11.9. The molecule has 0 bridgehead atoms. The molecule has 3 amide bonds. The second-order valence-electron chi connectivity index (χ2n) is 8.63. The number of nitrogens with zero attached hydrogens (tertiary/aromatic N) is 1. The van der Waals surface area contributed by atoms with Gasteiger partial charge in [0.1, 0.15) is 5.70 Å². The van der Waals surface area contributed by atoms with Gasteiger partial charge in [-0.15, -0.1) is 0 Å². The van der Waals surface area contributed by atoms with E-state index in [1.165, 1.54) is 11.1 Å². The highest BCUT2D eigenvalue weighted by atomic mass is 35.5. The normalized spacial score (nSPS) is 24.3. The molecule has 0 spiro atoms. The third-order valence-electron chi connectivity index (χ3n) is 6.18. The number of urea groups is 1. The summed E-state index contributed by atoms with van der Waals surface area (Å²) in [6.07, 6.45) is 2.63. The molecule has 1 fully saturated rings. The molecule has 0 aromatic heterocycles. The van der Waals surface area contributed by atoms with Gasteiger partial charge in [-0.25, -0.2) is 4.79 Å². The number of nitrogens with one attached hydrogen (secondary N) is 2. The topological polar surface area (TPSA) is 61.4 Å². The standard InChI is InChI=1S/C23H24ClN3O2/c1-22(2)13-23(3,15-6-8-16(24)9-7-15)17-11-14(5-10-19(17)27(22)4)12-18-20(28)26-21(29)25-18/h5-12H,13H2,1-4H3,(H2,25,26,28,29)/b18-12-. The Hall–Kier alpha value is -2.79. The highest BCUT2D eigenvalue weighted by Gasteiger charge is 2.44. The maximum atomic E-state index is 11.9. The third-order valence-corrected chi connectivity index (χ3v) is 6.43. The van der Waals surface area contributed by atoms with Gasteiger partial charge < -0.3 is 10.2 Å². The number of hydrogen-bond donors (Lipinski definition) is 2. The zero-order valence-electron chi connectivity index (χ0n) is 17.0. The Morgan fingerprint density at radius 1 is 1.03 bits per heavy atom. The number of carbonyl (C=O) groups excluding carboxylic acids is 2. The Morgan fingerprint density at radius 3 is 2.34 bits per heavy atom. The monoisotopic (exact) mass is 409 g/mol. The molecule has 0 saturated carbocycles. The number of fused-ring (bicyclic) bond motifs is 1. The molecule has 2 N–H and O–H groups in total. The molecular formula is C23H24ClN3O2. The lowest BCUT2D eigenvalue weighted by Gasteiger charge is -2.51. The molecule has 0 radical (unpaired) electrons. The summed E-state index contributed by atoms with van der Waals surface area (Å²) in [5.74, 6) is -0.411. The van der Waals surface area contributed by atoms with Gasteiger partial charge in [0.2, 0.25) is 0 Å². The third kappa shape index (κ3) is 3.29. The summed E-state index contributed by atoms with van der Waals surface area (Å²) < 4.78 is 0. The minimum Gasteiger partial charge on any atom is -0.369 e. The van der Waals surface area contributed by atoms with Gasteiger partial charge in [0, 0.05) is 28.7 Å². The van der Waals surface area contributed by atoms with Gasteiger partial charge in [0.15, 0.2) is 0 Å². The van der Waals surface area contributed by atoms with E-state index in [0.717, 1.165) is 17.7 Å². The lowest BCUT2D eigenvalue weighted by atomic mass is 9.65. The van der Waals surface area contributed by atoms with Gasteiger partial charge in [0.25, 0.3) is 5.91 Å². The molecule has 150 valence electrons. The van der Waals surface area contributed by atoms with E-state index in [9.17, 15) is 9.59 Å². The quantitative estimate of drug-likeness (QED) is 0.569. The Balaban J connectivity index is 1.87. The van der Waals surface area contributed by atoms with E-state index < -0.39 is 11.9 Å². The maximum Gasteiger partial charge on any atom is 0.326 e. The van der Waals surface area contributed by atoms with Gasteiger partial charge in [-0.05, 0) is 67.3 Å². The molecule has 2 aliphatic rings. The molecule has 29 heavy (non-hydrogen) atoms. The number of benzene rings is 2. The van der Waals surface area contributed by atoms with Crippen molar-refractivity contribution in [3.8, 4) is 0 Å². The highest BCUT2D eigenvalue weighted by Crippen LogP contribution is 2.50. The van der Waals surface area contributed by atoms with E-state index in [4.69, 9.17) is 11.6 Å². The second kappa shape index (κ2) is 6.63. The molecule has 1 atom stereocenters. The summed E-state index contributed by atoms with van der Waals surface area (Å²) in [5.41, 5.74) is 4.38. The number of hydrogen-bond acceptors (Lipinski definition) is 3. The predicted octanol–water partition coefficient (Wildman–Crippen LogP) is 4.44. The first-order valence-electron chi connectivity index (χ1n) is 9.59.